The molecule has 0 aromatic heterocycles. The van der Waals surface area contributed by atoms with Crippen molar-refractivity contribution in [2.45, 2.75) is 32.2 Å². The van der Waals surface area contributed by atoms with E-state index in [1.54, 1.807) is 7.11 Å². The molecule has 18 heavy (non-hydrogen) atoms. The van der Waals surface area contributed by atoms with Crippen LogP contribution >= 0.6 is 31.9 Å². The Morgan fingerprint density at radius 1 is 1.33 bits per heavy atom. The van der Waals surface area contributed by atoms with Crippen molar-refractivity contribution in [1.29, 1.82) is 0 Å². The van der Waals surface area contributed by atoms with E-state index in [-0.39, 0.29) is 0 Å². The molecule has 0 saturated carbocycles. The number of hydrogen-bond acceptors (Lipinski definition) is 2. The third kappa shape index (κ3) is 5.39. The maximum absolute atomic E-state index is 5.14. The van der Waals surface area contributed by atoms with Gasteiger partial charge < -0.3 is 10.1 Å². The van der Waals surface area contributed by atoms with E-state index in [0.29, 0.717) is 6.04 Å². The standard InChI is InChI=1S/C14H21Br2NO/c1-3-8-17-14(5-4-9-18-2)12-10-11(15)6-7-13(12)16/h6-7,10,14,17H,3-5,8-9H2,1-2H3. The van der Waals surface area contributed by atoms with Crippen molar-refractivity contribution in [2.24, 2.45) is 0 Å². The Bertz CT molecular complexity index is 358. The van der Waals surface area contributed by atoms with Gasteiger partial charge in [-0.2, -0.15) is 0 Å². The third-order valence-corrected chi connectivity index (χ3v) is 4.03. The van der Waals surface area contributed by atoms with E-state index < -0.39 is 0 Å². The molecule has 0 amide bonds. The molecule has 1 rings (SSSR count). The molecule has 0 fully saturated rings. The van der Waals surface area contributed by atoms with Crippen LogP contribution in [0.1, 0.15) is 37.8 Å². The van der Waals surface area contributed by atoms with E-state index in [1.807, 2.05) is 0 Å². The van der Waals surface area contributed by atoms with Gasteiger partial charge in [-0.1, -0.05) is 38.8 Å². The zero-order valence-corrected chi connectivity index (χ0v) is 14.2. The van der Waals surface area contributed by atoms with Gasteiger partial charge in [0, 0.05) is 28.7 Å². The fourth-order valence-electron chi connectivity index (χ4n) is 1.90. The fourth-order valence-corrected chi connectivity index (χ4v) is 2.80. The summed E-state index contributed by atoms with van der Waals surface area (Å²) in [5.74, 6) is 0. The van der Waals surface area contributed by atoms with Crippen LogP contribution in [0.15, 0.2) is 27.1 Å². The van der Waals surface area contributed by atoms with Crippen molar-refractivity contribution in [2.75, 3.05) is 20.3 Å². The number of rotatable bonds is 8. The summed E-state index contributed by atoms with van der Waals surface area (Å²) < 4.78 is 7.42. The summed E-state index contributed by atoms with van der Waals surface area (Å²) in [4.78, 5) is 0. The lowest BCUT2D eigenvalue weighted by Gasteiger charge is -2.20. The van der Waals surface area contributed by atoms with Crippen molar-refractivity contribution < 1.29 is 4.74 Å². The summed E-state index contributed by atoms with van der Waals surface area (Å²) in [6.45, 7) is 4.04. The summed E-state index contributed by atoms with van der Waals surface area (Å²) in [6, 6.07) is 6.71. The van der Waals surface area contributed by atoms with Crippen LogP contribution < -0.4 is 5.32 Å². The molecule has 1 unspecified atom stereocenters. The first kappa shape index (κ1) is 16.2. The predicted octanol–water partition coefficient (Wildman–Crippen LogP) is 4.68. The summed E-state index contributed by atoms with van der Waals surface area (Å²) in [5, 5.41) is 3.61. The van der Waals surface area contributed by atoms with Crippen LogP contribution in [0.5, 0.6) is 0 Å². The minimum Gasteiger partial charge on any atom is -0.385 e. The van der Waals surface area contributed by atoms with Crippen LogP contribution in [0.3, 0.4) is 0 Å². The Morgan fingerprint density at radius 2 is 2.11 bits per heavy atom. The maximum atomic E-state index is 5.14. The molecule has 0 aliphatic rings. The van der Waals surface area contributed by atoms with Gasteiger partial charge in [-0.05, 0) is 49.6 Å². The van der Waals surface area contributed by atoms with Gasteiger partial charge in [0.05, 0.1) is 0 Å². The van der Waals surface area contributed by atoms with E-state index in [0.717, 1.165) is 41.4 Å². The van der Waals surface area contributed by atoms with Crippen LogP contribution in [0.2, 0.25) is 0 Å². The minimum atomic E-state index is 0.381. The van der Waals surface area contributed by atoms with Gasteiger partial charge in [-0.3, -0.25) is 0 Å². The highest BCUT2D eigenvalue weighted by Gasteiger charge is 2.13. The topological polar surface area (TPSA) is 21.3 Å². The average Bonchev–Trinajstić information content (AvgIpc) is 2.37. The molecule has 1 aromatic rings. The predicted molar refractivity (Wildman–Crippen MR) is 84.0 cm³/mol. The van der Waals surface area contributed by atoms with Crippen LogP contribution in [-0.4, -0.2) is 20.3 Å². The molecule has 0 heterocycles. The van der Waals surface area contributed by atoms with Gasteiger partial charge in [0.2, 0.25) is 0 Å². The smallest absolute Gasteiger partial charge is 0.0462 e. The second-order valence-electron chi connectivity index (χ2n) is 4.31. The third-order valence-electron chi connectivity index (χ3n) is 2.82. The highest BCUT2D eigenvalue weighted by atomic mass is 79.9. The second-order valence-corrected chi connectivity index (χ2v) is 6.08. The van der Waals surface area contributed by atoms with Crippen LogP contribution in [0.4, 0.5) is 0 Å². The quantitative estimate of drug-likeness (QED) is 0.663. The Hall–Kier alpha value is 0.1000. The molecule has 102 valence electrons. The van der Waals surface area contributed by atoms with Gasteiger partial charge in [0.1, 0.15) is 0 Å². The minimum absolute atomic E-state index is 0.381. The van der Waals surface area contributed by atoms with Crippen molar-refractivity contribution in [1.82, 2.24) is 5.32 Å². The Labute approximate surface area is 127 Å². The molecule has 1 N–H and O–H groups in total. The number of halogens is 2. The first-order valence-electron chi connectivity index (χ1n) is 6.36. The molecule has 1 aromatic carbocycles. The molecule has 0 saturated heterocycles. The molecule has 4 heteroatoms. The molecule has 0 aliphatic heterocycles. The first-order valence-corrected chi connectivity index (χ1v) is 7.95. The van der Waals surface area contributed by atoms with Crippen LogP contribution in [0, 0.1) is 0 Å². The summed E-state index contributed by atoms with van der Waals surface area (Å²) in [7, 11) is 1.75. The van der Waals surface area contributed by atoms with Crippen LogP contribution in [0.25, 0.3) is 0 Å². The number of benzene rings is 1. The summed E-state index contributed by atoms with van der Waals surface area (Å²) >= 11 is 7.18. The molecule has 2 nitrogen and oxygen atoms in total. The average molecular weight is 379 g/mol. The molecule has 0 radical (unpaired) electrons. The monoisotopic (exact) mass is 377 g/mol. The summed E-state index contributed by atoms with van der Waals surface area (Å²) in [6.07, 6.45) is 3.30. The van der Waals surface area contributed by atoms with Crippen molar-refractivity contribution in [3.63, 3.8) is 0 Å². The van der Waals surface area contributed by atoms with Crippen molar-refractivity contribution >= 4 is 31.9 Å². The number of methoxy groups -OCH3 is 1. The zero-order chi connectivity index (χ0) is 13.4. The van der Waals surface area contributed by atoms with E-state index in [2.05, 4.69) is 62.3 Å². The second kappa shape index (κ2) is 9.08. The summed E-state index contributed by atoms with van der Waals surface area (Å²) in [5.41, 5.74) is 1.31. The van der Waals surface area contributed by atoms with Gasteiger partial charge in [-0.15, -0.1) is 0 Å². The van der Waals surface area contributed by atoms with E-state index >= 15 is 0 Å². The van der Waals surface area contributed by atoms with E-state index in [1.165, 1.54) is 5.56 Å². The zero-order valence-electron chi connectivity index (χ0n) is 11.0. The van der Waals surface area contributed by atoms with Gasteiger partial charge in [-0.25, -0.2) is 0 Å². The number of ether oxygens (including phenoxy) is 1. The normalized spacial score (nSPS) is 12.7. The Balaban J connectivity index is 2.75. The molecule has 0 spiro atoms. The van der Waals surface area contributed by atoms with Crippen molar-refractivity contribution in [3.8, 4) is 0 Å². The Morgan fingerprint density at radius 3 is 2.78 bits per heavy atom. The molecular weight excluding hydrogens is 358 g/mol. The van der Waals surface area contributed by atoms with Gasteiger partial charge in [0.15, 0.2) is 0 Å². The lowest BCUT2D eigenvalue weighted by Crippen LogP contribution is -2.23. The van der Waals surface area contributed by atoms with Crippen molar-refractivity contribution in [3.05, 3.63) is 32.7 Å². The Kier molecular flexibility index (Phi) is 8.15. The molecule has 1 atom stereocenters. The number of nitrogens with one attached hydrogen (secondary N) is 1. The highest BCUT2D eigenvalue weighted by Crippen LogP contribution is 2.29. The first-order chi connectivity index (χ1) is 8.69. The van der Waals surface area contributed by atoms with Gasteiger partial charge in [0.25, 0.3) is 0 Å². The molecular formula is C14H21Br2NO. The van der Waals surface area contributed by atoms with E-state index in [9.17, 15) is 0 Å². The maximum Gasteiger partial charge on any atom is 0.0462 e. The molecule has 0 bridgehead atoms. The van der Waals surface area contributed by atoms with E-state index in [4.69, 9.17) is 4.74 Å². The molecule has 0 aliphatic carbocycles. The SMILES string of the molecule is CCCNC(CCCOC)c1cc(Br)ccc1Br. The lowest BCUT2D eigenvalue weighted by molar-refractivity contribution is 0.188. The fraction of sp³-hybridized carbons (Fsp3) is 0.571. The largest absolute Gasteiger partial charge is 0.385 e. The highest BCUT2D eigenvalue weighted by molar-refractivity contribution is 9.11. The number of hydrogen-bond donors (Lipinski definition) is 1. The van der Waals surface area contributed by atoms with Gasteiger partial charge >= 0.3 is 0 Å². The van der Waals surface area contributed by atoms with Crippen LogP contribution in [-0.2, 0) is 4.74 Å². The lowest BCUT2D eigenvalue weighted by atomic mass is 10.0.